The van der Waals surface area contributed by atoms with Crippen LogP contribution in [0.3, 0.4) is 0 Å². The van der Waals surface area contributed by atoms with Crippen molar-refractivity contribution in [1.82, 2.24) is 10.6 Å². The van der Waals surface area contributed by atoms with E-state index >= 15 is 0 Å². The molecular formula is C5H8N2O2S. The largest absolute Gasteiger partial charge is 0.394 e. The van der Waals surface area contributed by atoms with Crippen molar-refractivity contribution in [3.05, 3.63) is 0 Å². The standard InChI is InChI=1S/C5H8N2O2S/c8-2-3-1-4(9)7-5(10)6-3/h3,8H,1-2H2,(H2,6,7,9,10). The molecule has 1 heterocycles. The molecule has 0 aromatic heterocycles. The number of hydrogen-bond donors (Lipinski definition) is 3. The van der Waals surface area contributed by atoms with Gasteiger partial charge >= 0.3 is 0 Å². The minimum Gasteiger partial charge on any atom is -0.394 e. The molecule has 56 valence electrons. The van der Waals surface area contributed by atoms with Gasteiger partial charge in [0.1, 0.15) is 0 Å². The molecule has 0 aromatic carbocycles. The number of aliphatic hydroxyl groups is 1. The van der Waals surface area contributed by atoms with Gasteiger partial charge in [0, 0.05) is 6.42 Å². The molecule has 0 aliphatic carbocycles. The highest BCUT2D eigenvalue weighted by molar-refractivity contribution is 7.80. The Morgan fingerprint density at radius 1 is 1.80 bits per heavy atom. The second-order valence-electron chi connectivity index (χ2n) is 2.11. The van der Waals surface area contributed by atoms with Crippen molar-refractivity contribution in [2.24, 2.45) is 0 Å². The number of carbonyl (C=O) groups is 1. The van der Waals surface area contributed by atoms with Crippen molar-refractivity contribution in [2.75, 3.05) is 6.61 Å². The Hall–Kier alpha value is -0.680. The maximum atomic E-state index is 10.7. The van der Waals surface area contributed by atoms with Gasteiger partial charge in [-0.1, -0.05) is 0 Å². The smallest absolute Gasteiger partial charge is 0.228 e. The van der Waals surface area contributed by atoms with Gasteiger partial charge in [0.2, 0.25) is 5.91 Å². The van der Waals surface area contributed by atoms with Crippen LogP contribution < -0.4 is 10.6 Å². The van der Waals surface area contributed by atoms with E-state index in [2.05, 4.69) is 22.9 Å². The van der Waals surface area contributed by atoms with Gasteiger partial charge in [-0.3, -0.25) is 4.79 Å². The molecule has 1 saturated heterocycles. The average molecular weight is 160 g/mol. The molecule has 0 radical (unpaired) electrons. The predicted octanol–water partition coefficient (Wildman–Crippen LogP) is -1.26. The minimum absolute atomic E-state index is 0.0619. The maximum Gasteiger partial charge on any atom is 0.228 e. The quantitative estimate of drug-likeness (QED) is 0.419. The third kappa shape index (κ3) is 1.65. The van der Waals surface area contributed by atoms with Crippen LogP contribution in [0.5, 0.6) is 0 Å². The molecule has 0 aromatic rings. The Morgan fingerprint density at radius 2 is 2.50 bits per heavy atom. The Balaban J connectivity index is 2.50. The number of nitrogens with one attached hydrogen (secondary N) is 2. The third-order valence-electron chi connectivity index (χ3n) is 1.24. The lowest BCUT2D eigenvalue weighted by molar-refractivity contribution is -0.121. The van der Waals surface area contributed by atoms with Crippen molar-refractivity contribution in [3.63, 3.8) is 0 Å². The monoisotopic (exact) mass is 160 g/mol. The van der Waals surface area contributed by atoms with Gasteiger partial charge in [-0.15, -0.1) is 0 Å². The van der Waals surface area contributed by atoms with Crippen LogP contribution in [0.25, 0.3) is 0 Å². The van der Waals surface area contributed by atoms with Gasteiger partial charge in [-0.2, -0.15) is 0 Å². The average Bonchev–Trinajstić information content (AvgIpc) is 1.85. The molecule has 1 aliphatic rings. The van der Waals surface area contributed by atoms with Gasteiger partial charge in [-0.05, 0) is 12.2 Å². The van der Waals surface area contributed by atoms with Crippen LogP contribution in [0.2, 0.25) is 0 Å². The zero-order chi connectivity index (χ0) is 7.56. The Kier molecular flexibility index (Phi) is 2.18. The van der Waals surface area contributed by atoms with E-state index < -0.39 is 0 Å². The molecule has 3 N–H and O–H groups in total. The second-order valence-corrected chi connectivity index (χ2v) is 2.51. The number of thiocarbonyl (C=S) groups is 1. The first-order valence-electron chi connectivity index (χ1n) is 2.93. The number of aliphatic hydroxyl groups excluding tert-OH is 1. The predicted molar refractivity (Wildman–Crippen MR) is 39.4 cm³/mol. The molecule has 1 fully saturated rings. The number of rotatable bonds is 1. The summed E-state index contributed by atoms with van der Waals surface area (Å²) in [5.74, 6) is -0.136. The highest BCUT2D eigenvalue weighted by Gasteiger charge is 2.19. The van der Waals surface area contributed by atoms with E-state index in [0.29, 0.717) is 5.11 Å². The lowest BCUT2D eigenvalue weighted by Crippen LogP contribution is -2.53. The molecule has 1 amide bonds. The SMILES string of the molecule is O=C1CC(CO)NC(=S)N1. The van der Waals surface area contributed by atoms with E-state index in [4.69, 9.17) is 5.11 Å². The van der Waals surface area contributed by atoms with Gasteiger partial charge in [0.05, 0.1) is 12.6 Å². The van der Waals surface area contributed by atoms with E-state index in [0.717, 1.165) is 0 Å². The van der Waals surface area contributed by atoms with Crippen LogP contribution in [0, 0.1) is 0 Å². The van der Waals surface area contributed by atoms with Gasteiger partial charge < -0.3 is 15.7 Å². The molecule has 0 spiro atoms. The maximum absolute atomic E-state index is 10.7. The van der Waals surface area contributed by atoms with Crippen molar-refractivity contribution in [2.45, 2.75) is 12.5 Å². The van der Waals surface area contributed by atoms with Gasteiger partial charge in [-0.25, -0.2) is 0 Å². The Morgan fingerprint density at radius 3 is 3.00 bits per heavy atom. The molecule has 0 bridgehead atoms. The first-order valence-corrected chi connectivity index (χ1v) is 3.34. The summed E-state index contributed by atoms with van der Waals surface area (Å²) in [6.45, 7) is -0.0619. The Labute approximate surface area is 63.6 Å². The molecule has 1 atom stereocenters. The van der Waals surface area contributed by atoms with Crippen LogP contribution in [0.1, 0.15) is 6.42 Å². The molecule has 4 nitrogen and oxygen atoms in total. The van der Waals surface area contributed by atoms with E-state index in [9.17, 15) is 4.79 Å². The number of amides is 1. The number of carbonyl (C=O) groups excluding carboxylic acids is 1. The van der Waals surface area contributed by atoms with Crippen LogP contribution in [-0.2, 0) is 4.79 Å². The highest BCUT2D eigenvalue weighted by Crippen LogP contribution is 1.95. The molecule has 10 heavy (non-hydrogen) atoms. The molecule has 5 heteroatoms. The number of hydrogen-bond acceptors (Lipinski definition) is 3. The first-order chi connectivity index (χ1) is 4.72. The lowest BCUT2D eigenvalue weighted by atomic mass is 10.2. The molecule has 1 unspecified atom stereocenters. The Bertz CT molecular complexity index is 155. The zero-order valence-electron chi connectivity index (χ0n) is 5.26. The topological polar surface area (TPSA) is 61.4 Å². The van der Waals surface area contributed by atoms with Crippen LogP contribution in [0.4, 0.5) is 0 Å². The fourth-order valence-corrected chi connectivity index (χ4v) is 1.06. The normalized spacial score (nSPS) is 25.5. The van der Waals surface area contributed by atoms with E-state index in [1.165, 1.54) is 0 Å². The van der Waals surface area contributed by atoms with Crippen LogP contribution in [0.15, 0.2) is 0 Å². The van der Waals surface area contributed by atoms with Crippen LogP contribution >= 0.6 is 12.2 Å². The zero-order valence-corrected chi connectivity index (χ0v) is 6.07. The first kappa shape index (κ1) is 7.43. The van der Waals surface area contributed by atoms with Crippen molar-refractivity contribution in [1.29, 1.82) is 0 Å². The molecular weight excluding hydrogens is 152 g/mol. The lowest BCUT2D eigenvalue weighted by Gasteiger charge is -2.22. The molecule has 1 rings (SSSR count). The van der Waals surface area contributed by atoms with Gasteiger partial charge in [0.25, 0.3) is 0 Å². The van der Waals surface area contributed by atoms with E-state index in [-0.39, 0.29) is 25.0 Å². The molecule has 1 aliphatic heterocycles. The summed E-state index contributed by atoms with van der Waals surface area (Å²) in [6, 6.07) is -0.207. The van der Waals surface area contributed by atoms with Crippen molar-refractivity contribution < 1.29 is 9.90 Å². The van der Waals surface area contributed by atoms with Gasteiger partial charge in [0.15, 0.2) is 5.11 Å². The fraction of sp³-hybridized carbons (Fsp3) is 0.600. The summed E-state index contributed by atoms with van der Waals surface area (Å²) in [5.41, 5.74) is 0. The summed E-state index contributed by atoms with van der Waals surface area (Å²) >= 11 is 4.67. The van der Waals surface area contributed by atoms with Crippen LogP contribution in [-0.4, -0.2) is 28.8 Å². The van der Waals surface area contributed by atoms with Crippen molar-refractivity contribution >= 4 is 23.2 Å². The van der Waals surface area contributed by atoms with Crippen molar-refractivity contribution in [3.8, 4) is 0 Å². The summed E-state index contributed by atoms with van der Waals surface area (Å²) in [6.07, 6.45) is 0.288. The van der Waals surface area contributed by atoms with E-state index in [1.807, 2.05) is 0 Å². The second kappa shape index (κ2) is 2.94. The summed E-state index contributed by atoms with van der Waals surface area (Å²) in [4.78, 5) is 10.7. The fourth-order valence-electron chi connectivity index (χ4n) is 0.784. The molecule has 0 saturated carbocycles. The summed E-state index contributed by atoms with van der Waals surface area (Å²) < 4.78 is 0. The third-order valence-corrected chi connectivity index (χ3v) is 1.46. The summed E-state index contributed by atoms with van der Waals surface area (Å²) in [5, 5.41) is 14.1. The van der Waals surface area contributed by atoms with E-state index in [1.54, 1.807) is 0 Å². The minimum atomic E-state index is -0.207. The highest BCUT2D eigenvalue weighted by atomic mass is 32.1. The summed E-state index contributed by atoms with van der Waals surface area (Å²) in [7, 11) is 0.